The summed E-state index contributed by atoms with van der Waals surface area (Å²) in [5.74, 6) is 3.06. The molecular formula is C13H21NO2. The minimum atomic E-state index is -0.660. The molecule has 3 aliphatic carbocycles. The zero-order valence-electron chi connectivity index (χ0n) is 9.86. The molecule has 90 valence electrons. The molecule has 0 amide bonds. The van der Waals surface area contributed by atoms with Crippen molar-refractivity contribution in [2.75, 3.05) is 6.54 Å². The Hall–Kier alpha value is -0.570. The monoisotopic (exact) mass is 223 g/mol. The first-order valence-corrected chi connectivity index (χ1v) is 6.52. The van der Waals surface area contributed by atoms with Crippen LogP contribution in [-0.4, -0.2) is 17.6 Å². The summed E-state index contributed by atoms with van der Waals surface area (Å²) >= 11 is 0. The number of nitrogens with two attached hydrogens (primary N) is 1. The van der Waals surface area contributed by atoms with Gasteiger partial charge in [0, 0.05) is 0 Å². The maximum Gasteiger partial charge on any atom is 0.303 e. The quantitative estimate of drug-likeness (QED) is 0.765. The van der Waals surface area contributed by atoms with Crippen molar-refractivity contribution >= 4 is 5.97 Å². The maximum atomic E-state index is 11.1. The van der Waals surface area contributed by atoms with Crippen molar-refractivity contribution in [3.8, 4) is 0 Å². The number of carbonyl (C=O) groups is 1. The smallest absolute Gasteiger partial charge is 0.303 e. The molecule has 3 unspecified atom stereocenters. The highest BCUT2D eigenvalue weighted by atomic mass is 16.4. The van der Waals surface area contributed by atoms with Crippen LogP contribution in [0, 0.1) is 35.0 Å². The highest BCUT2D eigenvalue weighted by molar-refractivity contribution is 5.68. The standard InChI is InChI=1S/C13H21NO2/c1-7-4-10-12-8(7)2-3-9(12)13(10,6-14)5-11(15)16/h7-10,12H,2-6,14H2,1H3,(H,15,16)/t7?,8?,9-,10?,12+,13+/m0/s1. The Kier molecular flexibility index (Phi) is 2.13. The Labute approximate surface area is 96.4 Å². The molecule has 3 heteroatoms. The van der Waals surface area contributed by atoms with Gasteiger partial charge in [-0.3, -0.25) is 4.79 Å². The SMILES string of the molecule is CC1CC2[C@@H]3C1CC[C@@H]3[C@]2(CN)CC(=O)O. The molecule has 0 spiro atoms. The van der Waals surface area contributed by atoms with Crippen LogP contribution in [0.4, 0.5) is 0 Å². The Morgan fingerprint density at radius 1 is 1.44 bits per heavy atom. The Balaban J connectivity index is 1.89. The predicted molar refractivity (Wildman–Crippen MR) is 60.7 cm³/mol. The summed E-state index contributed by atoms with van der Waals surface area (Å²) in [6.07, 6.45) is 4.06. The molecule has 3 fully saturated rings. The van der Waals surface area contributed by atoms with E-state index in [1.54, 1.807) is 0 Å². The summed E-state index contributed by atoms with van der Waals surface area (Å²) in [7, 11) is 0. The molecule has 0 aromatic rings. The second kappa shape index (κ2) is 3.22. The summed E-state index contributed by atoms with van der Waals surface area (Å²) in [5, 5.41) is 9.10. The van der Waals surface area contributed by atoms with Gasteiger partial charge >= 0.3 is 5.97 Å². The van der Waals surface area contributed by atoms with E-state index in [1.165, 1.54) is 19.3 Å². The van der Waals surface area contributed by atoms with E-state index in [1.807, 2.05) is 0 Å². The Bertz CT molecular complexity index is 330. The van der Waals surface area contributed by atoms with Crippen molar-refractivity contribution < 1.29 is 9.90 Å². The first-order chi connectivity index (χ1) is 7.60. The predicted octanol–water partition coefficient (Wildman–Crippen LogP) is 1.72. The van der Waals surface area contributed by atoms with Gasteiger partial charge < -0.3 is 10.8 Å². The van der Waals surface area contributed by atoms with Gasteiger partial charge in [0.1, 0.15) is 0 Å². The van der Waals surface area contributed by atoms with Crippen LogP contribution in [0.25, 0.3) is 0 Å². The average Bonchev–Trinajstić information content (AvgIpc) is 2.73. The van der Waals surface area contributed by atoms with E-state index in [9.17, 15) is 4.79 Å². The van der Waals surface area contributed by atoms with Crippen LogP contribution >= 0.6 is 0 Å². The Morgan fingerprint density at radius 2 is 2.19 bits per heavy atom. The lowest BCUT2D eigenvalue weighted by Gasteiger charge is -2.57. The molecule has 3 N–H and O–H groups in total. The van der Waals surface area contributed by atoms with Crippen LogP contribution in [0.3, 0.4) is 0 Å². The third-order valence-electron chi connectivity index (χ3n) is 5.93. The highest BCUT2D eigenvalue weighted by Gasteiger charge is 2.68. The first-order valence-electron chi connectivity index (χ1n) is 6.52. The summed E-state index contributed by atoms with van der Waals surface area (Å²) in [6, 6.07) is 0. The van der Waals surface area contributed by atoms with Gasteiger partial charge in [0.25, 0.3) is 0 Å². The van der Waals surface area contributed by atoms with Crippen LogP contribution in [-0.2, 0) is 4.79 Å². The normalized spacial score (nSPS) is 53.5. The van der Waals surface area contributed by atoms with Crippen molar-refractivity contribution in [3.05, 3.63) is 0 Å². The minimum Gasteiger partial charge on any atom is -0.481 e. The van der Waals surface area contributed by atoms with Crippen LogP contribution < -0.4 is 5.73 Å². The van der Waals surface area contributed by atoms with Gasteiger partial charge in [-0.05, 0) is 60.8 Å². The zero-order valence-corrected chi connectivity index (χ0v) is 9.86. The molecule has 0 radical (unpaired) electrons. The topological polar surface area (TPSA) is 63.3 Å². The molecule has 3 aliphatic rings. The van der Waals surface area contributed by atoms with E-state index in [-0.39, 0.29) is 5.41 Å². The number of rotatable bonds is 3. The maximum absolute atomic E-state index is 11.1. The summed E-state index contributed by atoms with van der Waals surface area (Å²) in [4.78, 5) is 11.1. The lowest BCUT2D eigenvalue weighted by atomic mass is 9.47. The molecule has 16 heavy (non-hydrogen) atoms. The number of hydrogen-bond donors (Lipinski definition) is 2. The highest BCUT2D eigenvalue weighted by Crippen LogP contribution is 2.72. The first kappa shape index (κ1) is 10.6. The largest absolute Gasteiger partial charge is 0.481 e. The summed E-state index contributed by atoms with van der Waals surface area (Å²) in [5.41, 5.74) is 5.89. The van der Waals surface area contributed by atoms with Gasteiger partial charge in [0.2, 0.25) is 0 Å². The van der Waals surface area contributed by atoms with Gasteiger partial charge in [-0.25, -0.2) is 0 Å². The van der Waals surface area contributed by atoms with Gasteiger partial charge in [-0.2, -0.15) is 0 Å². The van der Waals surface area contributed by atoms with Gasteiger partial charge in [0.05, 0.1) is 6.42 Å². The van der Waals surface area contributed by atoms with E-state index in [0.717, 1.165) is 17.8 Å². The lowest BCUT2D eigenvalue weighted by Crippen LogP contribution is -2.58. The van der Waals surface area contributed by atoms with Crippen molar-refractivity contribution in [3.63, 3.8) is 0 Å². The van der Waals surface area contributed by atoms with Crippen LogP contribution in [0.5, 0.6) is 0 Å². The fourth-order valence-electron chi connectivity index (χ4n) is 5.39. The third-order valence-corrected chi connectivity index (χ3v) is 5.93. The van der Waals surface area contributed by atoms with Crippen LogP contribution in [0.2, 0.25) is 0 Å². The van der Waals surface area contributed by atoms with E-state index in [4.69, 9.17) is 10.8 Å². The molecule has 3 rings (SSSR count). The molecule has 0 aromatic heterocycles. The summed E-state index contributed by atoms with van der Waals surface area (Å²) in [6.45, 7) is 2.91. The van der Waals surface area contributed by atoms with Gasteiger partial charge in [0.15, 0.2) is 0 Å². The molecule has 3 nitrogen and oxygen atoms in total. The fourth-order valence-corrected chi connectivity index (χ4v) is 5.39. The Morgan fingerprint density at radius 3 is 2.81 bits per heavy atom. The molecule has 3 saturated carbocycles. The van der Waals surface area contributed by atoms with Gasteiger partial charge in [-0.15, -0.1) is 0 Å². The number of hydrogen-bond acceptors (Lipinski definition) is 2. The zero-order chi connectivity index (χ0) is 11.5. The molecule has 0 aromatic carbocycles. The van der Waals surface area contributed by atoms with E-state index in [2.05, 4.69) is 6.92 Å². The molecule has 0 bridgehead atoms. The van der Waals surface area contributed by atoms with Gasteiger partial charge in [-0.1, -0.05) is 6.92 Å². The average molecular weight is 223 g/mol. The van der Waals surface area contributed by atoms with Crippen molar-refractivity contribution in [1.29, 1.82) is 0 Å². The minimum absolute atomic E-state index is 0.0456. The number of carboxylic acid groups (broad SMARTS) is 1. The second-order valence-corrected chi connectivity index (χ2v) is 6.25. The van der Waals surface area contributed by atoms with E-state index in [0.29, 0.717) is 24.8 Å². The van der Waals surface area contributed by atoms with Crippen LogP contribution in [0.15, 0.2) is 0 Å². The second-order valence-electron chi connectivity index (χ2n) is 6.25. The number of aliphatic carboxylic acids is 1. The third kappa shape index (κ3) is 1.05. The fraction of sp³-hybridized carbons (Fsp3) is 0.923. The van der Waals surface area contributed by atoms with E-state index >= 15 is 0 Å². The summed E-state index contributed by atoms with van der Waals surface area (Å²) < 4.78 is 0. The molecule has 0 saturated heterocycles. The van der Waals surface area contributed by atoms with Crippen molar-refractivity contribution in [1.82, 2.24) is 0 Å². The van der Waals surface area contributed by atoms with Crippen molar-refractivity contribution in [2.24, 2.45) is 40.7 Å². The van der Waals surface area contributed by atoms with Crippen molar-refractivity contribution in [2.45, 2.75) is 32.6 Å². The lowest BCUT2D eigenvalue weighted by molar-refractivity contribution is -0.153. The van der Waals surface area contributed by atoms with Crippen LogP contribution in [0.1, 0.15) is 32.6 Å². The molecule has 6 atom stereocenters. The molecule has 0 heterocycles. The van der Waals surface area contributed by atoms with E-state index < -0.39 is 5.97 Å². The molecule has 0 aliphatic heterocycles. The molecular weight excluding hydrogens is 202 g/mol. The number of carboxylic acids is 1.